The Hall–Kier alpha value is -3.60. The molecule has 0 radical (unpaired) electrons. The average molecular weight is 484 g/mol. The first-order valence-corrected chi connectivity index (χ1v) is 12.9. The summed E-state index contributed by atoms with van der Waals surface area (Å²) >= 11 is 0. The fourth-order valence-electron chi connectivity index (χ4n) is 4.67. The Morgan fingerprint density at radius 2 is 1.75 bits per heavy atom. The number of imidazole rings is 1. The summed E-state index contributed by atoms with van der Waals surface area (Å²) in [4.78, 5) is 17.5. The lowest BCUT2D eigenvalue weighted by Crippen LogP contribution is -2.25. The van der Waals surface area contributed by atoms with E-state index in [1.165, 1.54) is 11.1 Å². The second-order valence-corrected chi connectivity index (χ2v) is 9.89. The summed E-state index contributed by atoms with van der Waals surface area (Å²) in [6.07, 6.45) is 1.60. The molecule has 1 amide bonds. The van der Waals surface area contributed by atoms with Crippen LogP contribution in [0.25, 0.3) is 11.0 Å². The second kappa shape index (κ2) is 11.4. The van der Waals surface area contributed by atoms with E-state index in [9.17, 15) is 4.79 Å². The smallest absolute Gasteiger partial charge is 0.251 e. The fraction of sp³-hybridized carbons (Fsp3) is 0.355. The molecule has 0 saturated carbocycles. The van der Waals surface area contributed by atoms with Crippen molar-refractivity contribution < 1.29 is 9.53 Å². The zero-order valence-corrected chi connectivity index (χ0v) is 22.1. The van der Waals surface area contributed by atoms with Crippen LogP contribution in [-0.4, -0.2) is 28.6 Å². The van der Waals surface area contributed by atoms with Gasteiger partial charge >= 0.3 is 0 Å². The van der Waals surface area contributed by atoms with E-state index in [0.29, 0.717) is 19.1 Å². The molecule has 5 heteroatoms. The van der Waals surface area contributed by atoms with Crippen LogP contribution in [0.3, 0.4) is 0 Å². The quantitative estimate of drug-likeness (QED) is 0.261. The van der Waals surface area contributed by atoms with Crippen molar-refractivity contribution >= 4 is 16.9 Å². The molecule has 0 aliphatic heterocycles. The number of nitrogens with one attached hydrogen (secondary N) is 1. The van der Waals surface area contributed by atoms with Gasteiger partial charge in [0, 0.05) is 18.5 Å². The molecule has 4 aromatic rings. The number of aromatic nitrogens is 2. The molecule has 1 N–H and O–H groups in total. The molecule has 0 spiro atoms. The Morgan fingerprint density at radius 1 is 1.00 bits per heavy atom. The first kappa shape index (κ1) is 25.5. The predicted octanol–water partition coefficient (Wildman–Crippen LogP) is 6.53. The maximum absolute atomic E-state index is 12.6. The van der Waals surface area contributed by atoms with Crippen LogP contribution in [0.2, 0.25) is 0 Å². The lowest BCUT2D eigenvalue weighted by Gasteiger charge is -2.16. The molecule has 0 fully saturated rings. The zero-order valence-electron chi connectivity index (χ0n) is 22.1. The van der Waals surface area contributed by atoms with Gasteiger partial charge in [-0.15, -0.1) is 0 Å². The number of amides is 1. The number of fused-ring (bicyclic) bond motifs is 1. The number of carbonyl (C=O) groups is 1. The number of para-hydroxylation sites is 2. The van der Waals surface area contributed by atoms with E-state index in [2.05, 4.69) is 61.0 Å². The van der Waals surface area contributed by atoms with Crippen LogP contribution in [0.1, 0.15) is 64.6 Å². The molecule has 0 aliphatic rings. The van der Waals surface area contributed by atoms with Gasteiger partial charge in [0.2, 0.25) is 0 Å². The summed E-state index contributed by atoms with van der Waals surface area (Å²) in [6.45, 7) is 12.4. The topological polar surface area (TPSA) is 56.2 Å². The van der Waals surface area contributed by atoms with Gasteiger partial charge in [-0.25, -0.2) is 4.98 Å². The summed E-state index contributed by atoms with van der Waals surface area (Å²) in [6, 6.07) is 20.6. The number of hydrogen-bond donors (Lipinski definition) is 1. The third-order valence-electron chi connectivity index (χ3n) is 6.59. The Morgan fingerprint density at radius 3 is 2.53 bits per heavy atom. The highest BCUT2D eigenvalue weighted by Crippen LogP contribution is 2.27. The summed E-state index contributed by atoms with van der Waals surface area (Å²) < 4.78 is 8.53. The fourth-order valence-corrected chi connectivity index (χ4v) is 4.67. The van der Waals surface area contributed by atoms with Crippen molar-refractivity contribution in [3.8, 4) is 5.75 Å². The number of nitrogens with zero attached hydrogens (tertiary/aromatic N) is 2. The molecule has 3 aromatic carbocycles. The van der Waals surface area contributed by atoms with Gasteiger partial charge < -0.3 is 14.6 Å². The Bertz CT molecular complexity index is 1350. The van der Waals surface area contributed by atoms with Gasteiger partial charge in [-0.1, -0.05) is 55.8 Å². The molecule has 188 valence electrons. The minimum absolute atomic E-state index is 0.0199. The molecular weight excluding hydrogens is 446 g/mol. The Balaban J connectivity index is 1.40. The van der Waals surface area contributed by atoms with Gasteiger partial charge in [-0.05, 0) is 74.1 Å². The summed E-state index contributed by atoms with van der Waals surface area (Å²) in [5, 5.41) is 3.07. The second-order valence-electron chi connectivity index (χ2n) is 9.89. The van der Waals surface area contributed by atoms with Crippen molar-refractivity contribution in [3.63, 3.8) is 0 Å². The monoisotopic (exact) mass is 483 g/mol. The third kappa shape index (κ3) is 5.96. The van der Waals surface area contributed by atoms with Crippen molar-refractivity contribution in [2.24, 2.45) is 0 Å². The minimum Gasteiger partial charge on any atom is -0.491 e. The molecule has 1 aromatic heterocycles. The molecule has 0 saturated heterocycles. The molecule has 36 heavy (non-hydrogen) atoms. The van der Waals surface area contributed by atoms with Crippen LogP contribution in [-0.2, 0) is 13.0 Å². The van der Waals surface area contributed by atoms with E-state index in [4.69, 9.17) is 9.72 Å². The van der Waals surface area contributed by atoms with Gasteiger partial charge in [0.1, 0.15) is 18.2 Å². The Labute approximate surface area is 214 Å². The lowest BCUT2D eigenvalue weighted by molar-refractivity contribution is 0.0952. The molecular formula is C31H37N3O2. The van der Waals surface area contributed by atoms with E-state index in [1.807, 2.05) is 44.2 Å². The average Bonchev–Trinajstić information content (AvgIpc) is 3.19. The molecule has 1 heterocycles. The maximum atomic E-state index is 12.6. The largest absolute Gasteiger partial charge is 0.491 e. The number of carbonyl (C=O) groups excluding carboxylic acids is 1. The SMILES string of the molecule is Cc1ccc(C(=O)NCCCc2nc3ccccc3n2CCOc2cc(C)ccc2C(C)C)c(C)c1. The first-order valence-electron chi connectivity index (χ1n) is 12.9. The standard InChI is InChI=1S/C31H37N3O2/c1-21(2)25-14-12-23(4)20-29(25)36-18-17-34-28-10-7-6-9-27(28)33-30(34)11-8-16-32-31(35)26-15-13-22(3)19-24(26)5/h6-7,9-10,12-15,19-21H,8,11,16-18H2,1-5H3,(H,32,35). The highest BCUT2D eigenvalue weighted by molar-refractivity contribution is 5.95. The van der Waals surface area contributed by atoms with Gasteiger partial charge in [0.15, 0.2) is 0 Å². The first-order chi connectivity index (χ1) is 17.3. The van der Waals surface area contributed by atoms with E-state index >= 15 is 0 Å². The molecule has 0 bridgehead atoms. The van der Waals surface area contributed by atoms with Crippen LogP contribution >= 0.6 is 0 Å². The number of aryl methyl sites for hydroxylation is 4. The van der Waals surface area contributed by atoms with Crippen molar-refractivity contribution in [1.82, 2.24) is 14.9 Å². The minimum atomic E-state index is -0.0199. The predicted molar refractivity (Wildman–Crippen MR) is 147 cm³/mol. The van der Waals surface area contributed by atoms with Crippen LogP contribution < -0.4 is 10.1 Å². The summed E-state index contributed by atoms with van der Waals surface area (Å²) in [5.41, 5.74) is 7.44. The zero-order chi connectivity index (χ0) is 25.7. The summed E-state index contributed by atoms with van der Waals surface area (Å²) in [5.74, 6) is 2.37. The lowest BCUT2D eigenvalue weighted by atomic mass is 10.0. The highest BCUT2D eigenvalue weighted by atomic mass is 16.5. The number of ether oxygens (including phenoxy) is 1. The van der Waals surface area contributed by atoms with Crippen molar-refractivity contribution in [2.45, 2.75) is 59.9 Å². The van der Waals surface area contributed by atoms with Gasteiger partial charge in [0.05, 0.1) is 17.6 Å². The van der Waals surface area contributed by atoms with E-state index < -0.39 is 0 Å². The van der Waals surface area contributed by atoms with E-state index in [0.717, 1.165) is 58.7 Å². The molecule has 0 atom stereocenters. The van der Waals surface area contributed by atoms with Crippen LogP contribution in [0.15, 0.2) is 60.7 Å². The molecule has 0 unspecified atom stereocenters. The van der Waals surface area contributed by atoms with E-state index in [-0.39, 0.29) is 5.91 Å². The number of rotatable bonds is 10. The number of hydrogen-bond acceptors (Lipinski definition) is 3. The summed E-state index contributed by atoms with van der Waals surface area (Å²) in [7, 11) is 0. The molecule has 5 nitrogen and oxygen atoms in total. The van der Waals surface area contributed by atoms with Crippen molar-refractivity contribution in [3.05, 3.63) is 94.3 Å². The normalized spacial score (nSPS) is 11.3. The van der Waals surface area contributed by atoms with Crippen LogP contribution in [0.4, 0.5) is 0 Å². The number of benzene rings is 3. The van der Waals surface area contributed by atoms with Crippen LogP contribution in [0.5, 0.6) is 5.75 Å². The third-order valence-corrected chi connectivity index (χ3v) is 6.59. The maximum Gasteiger partial charge on any atom is 0.251 e. The van der Waals surface area contributed by atoms with Crippen molar-refractivity contribution in [2.75, 3.05) is 13.2 Å². The van der Waals surface area contributed by atoms with E-state index in [1.54, 1.807) is 0 Å². The molecule has 0 aliphatic carbocycles. The van der Waals surface area contributed by atoms with Crippen molar-refractivity contribution in [1.29, 1.82) is 0 Å². The van der Waals surface area contributed by atoms with Gasteiger partial charge in [-0.2, -0.15) is 0 Å². The Kier molecular flexibility index (Phi) is 8.09. The molecule has 4 rings (SSSR count). The highest BCUT2D eigenvalue weighted by Gasteiger charge is 2.13. The van der Waals surface area contributed by atoms with Gasteiger partial charge in [0.25, 0.3) is 5.91 Å². The van der Waals surface area contributed by atoms with Crippen LogP contribution in [0, 0.1) is 20.8 Å². The van der Waals surface area contributed by atoms with Gasteiger partial charge in [-0.3, -0.25) is 4.79 Å².